The lowest BCUT2D eigenvalue weighted by Crippen LogP contribution is -2.09. The predicted octanol–water partition coefficient (Wildman–Crippen LogP) is 1.98. The van der Waals surface area contributed by atoms with E-state index in [9.17, 15) is 0 Å². The summed E-state index contributed by atoms with van der Waals surface area (Å²) in [6.45, 7) is 3.52. The van der Waals surface area contributed by atoms with Gasteiger partial charge in [0.15, 0.2) is 0 Å². The van der Waals surface area contributed by atoms with Gasteiger partial charge >= 0.3 is 0 Å². The first-order valence-corrected chi connectivity index (χ1v) is 2.89. The fourth-order valence-electron chi connectivity index (χ4n) is 0.479. The largest absolute Gasteiger partial charge is 0.241 e. The van der Waals surface area contributed by atoms with Gasteiger partial charge in [0.05, 0.1) is 0 Å². The van der Waals surface area contributed by atoms with E-state index in [1.807, 2.05) is 0 Å². The van der Waals surface area contributed by atoms with Crippen LogP contribution in [0.5, 0.6) is 0 Å². The van der Waals surface area contributed by atoms with Crippen molar-refractivity contribution in [3.05, 3.63) is 12.7 Å². The fraction of sp³-hybridized carbons (Fsp3) is 0.500. The van der Waals surface area contributed by atoms with Crippen molar-refractivity contribution in [2.45, 2.75) is 11.4 Å². The Morgan fingerprint density at radius 3 is 2.44 bits per heavy atom. The van der Waals surface area contributed by atoms with Gasteiger partial charge in [-0.15, -0.1) is 29.4 Å². The van der Waals surface area contributed by atoms with Crippen molar-refractivity contribution >= 4 is 12.6 Å². The fourth-order valence-corrected chi connectivity index (χ4v) is 0.688. The van der Waals surface area contributed by atoms with Gasteiger partial charge in [0.2, 0.25) is 4.99 Å². The third kappa shape index (κ3) is 1.35. The van der Waals surface area contributed by atoms with Crippen LogP contribution in [0.25, 0.3) is 0 Å². The van der Waals surface area contributed by atoms with Crippen molar-refractivity contribution in [1.29, 1.82) is 0 Å². The lowest BCUT2D eigenvalue weighted by atomic mass is 10.3. The zero-order valence-electron chi connectivity index (χ0n) is 4.73. The molecule has 0 saturated carbocycles. The van der Waals surface area contributed by atoms with Crippen LogP contribution in [0.2, 0.25) is 0 Å². The van der Waals surface area contributed by atoms with Gasteiger partial charge in [-0.1, -0.05) is 6.08 Å². The highest BCUT2D eigenvalue weighted by Gasteiger charge is 2.25. The van der Waals surface area contributed by atoms with Crippen molar-refractivity contribution in [3.8, 4) is 0 Å². The minimum Gasteiger partial charge on any atom is -0.123 e. The third-order valence-corrected chi connectivity index (χ3v) is 1.23. The van der Waals surface area contributed by atoms with Crippen molar-refractivity contribution in [3.63, 3.8) is 0 Å². The molecule has 0 atom stereocenters. The Morgan fingerprint density at radius 2 is 2.00 bits per heavy atom. The lowest BCUT2D eigenvalue weighted by Gasteiger charge is -2.06. The van der Waals surface area contributed by atoms with Gasteiger partial charge in [0, 0.05) is 6.42 Å². The van der Waals surface area contributed by atoms with Crippen molar-refractivity contribution in [2.75, 3.05) is 0 Å². The summed E-state index contributed by atoms with van der Waals surface area (Å²) in [5.74, 6) is 0. The van der Waals surface area contributed by atoms with Gasteiger partial charge in [-0.05, 0) is 10.4 Å². The van der Waals surface area contributed by atoms with Gasteiger partial charge in [-0.3, -0.25) is 0 Å². The topological polar surface area (TPSA) is 49.4 Å². The van der Waals surface area contributed by atoms with Crippen LogP contribution in [0.3, 0.4) is 0 Å². The van der Waals surface area contributed by atoms with Gasteiger partial charge in [0.25, 0.3) is 0 Å². The van der Waals surface area contributed by atoms with Crippen LogP contribution >= 0.6 is 12.6 Å². The predicted molar refractivity (Wildman–Crippen MR) is 36.2 cm³/mol. The zero-order chi connectivity index (χ0) is 6.74. The van der Waals surface area contributed by atoms with Crippen LogP contribution in [0.1, 0.15) is 6.42 Å². The number of rotatable bonds is 2. The standard InChI is InChI=1S/C4H6N4S/c1-2-3-4(9)5-7-8-6-4/h2,9H,1,3H2. The summed E-state index contributed by atoms with van der Waals surface area (Å²) in [4.78, 5) is -0.762. The Morgan fingerprint density at radius 1 is 1.44 bits per heavy atom. The molecule has 0 spiro atoms. The van der Waals surface area contributed by atoms with E-state index >= 15 is 0 Å². The maximum atomic E-state index is 4.07. The van der Waals surface area contributed by atoms with Crippen LogP contribution in [-0.2, 0) is 0 Å². The Bertz CT molecular complexity index is 161. The molecule has 0 N–H and O–H groups in total. The normalized spacial score (nSPS) is 20.6. The molecule has 0 radical (unpaired) electrons. The molecule has 0 amide bonds. The molecule has 48 valence electrons. The third-order valence-electron chi connectivity index (χ3n) is 0.868. The maximum absolute atomic E-state index is 4.07. The number of hydrogen-bond acceptors (Lipinski definition) is 5. The average Bonchev–Trinajstić information content (AvgIpc) is 2.16. The lowest BCUT2D eigenvalue weighted by molar-refractivity contribution is 0.655. The first-order valence-electron chi connectivity index (χ1n) is 2.44. The molecule has 1 rings (SSSR count). The van der Waals surface area contributed by atoms with E-state index in [0.717, 1.165) is 0 Å². The molecule has 1 aliphatic heterocycles. The van der Waals surface area contributed by atoms with E-state index in [1.165, 1.54) is 0 Å². The number of hydrogen-bond donors (Lipinski definition) is 1. The SMILES string of the molecule is C=CCC1(S)N=NN=N1. The molecule has 0 unspecified atom stereocenters. The van der Waals surface area contributed by atoms with Gasteiger partial charge in [0.1, 0.15) is 0 Å². The van der Waals surface area contributed by atoms with Crippen LogP contribution in [-0.4, -0.2) is 4.99 Å². The molecule has 0 aromatic heterocycles. The molecular formula is C4H6N4S. The molecule has 0 aromatic rings. The molecule has 1 heterocycles. The maximum Gasteiger partial charge on any atom is 0.241 e. The summed E-state index contributed by atoms with van der Waals surface area (Å²) in [5.41, 5.74) is 0. The van der Waals surface area contributed by atoms with E-state index in [4.69, 9.17) is 0 Å². The summed E-state index contributed by atoms with van der Waals surface area (Å²) in [5, 5.41) is 13.9. The Hall–Kier alpha value is -0.710. The molecule has 4 nitrogen and oxygen atoms in total. The van der Waals surface area contributed by atoms with E-state index in [0.29, 0.717) is 6.42 Å². The minimum absolute atomic E-state index is 0.559. The summed E-state index contributed by atoms with van der Waals surface area (Å²) in [7, 11) is 0. The van der Waals surface area contributed by atoms with Gasteiger partial charge < -0.3 is 0 Å². The van der Waals surface area contributed by atoms with Crippen LogP contribution in [0, 0.1) is 0 Å². The zero-order valence-corrected chi connectivity index (χ0v) is 5.62. The van der Waals surface area contributed by atoms with Crippen LogP contribution < -0.4 is 0 Å². The first-order chi connectivity index (χ1) is 4.27. The van der Waals surface area contributed by atoms with E-state index < -0.39 is 4.99 Å². The first kappa shape index (κ1) is 6.41. The smallest absolute Gasteiger partial charge is 0.123 e. The van der Waals surface area contributed by atoms with Crippen molar-refractivity contribution < 1.29 is 0 Å². The second kappa shape index (κ2) is 2.26. The quantitative estimate of drug-likeness (QED) is 0.452. The Balaban J connectivity index is 2.63. The van der Waals surface area contributed by atoms with Crippen molar-refractivity contribution in [2.24, 2.45) is 20.7 Å². The molecule has 9 heavy (non-hydrogen) atoms. The van der Waals surface area contributed by atoms with E-state index in [2.05, 4.69) is 39.9 Å². The summed E-state index contributed by atoms with van der Waals surface area (Å²) in [6, 6.07) is 0. The highest BCUT2D eigenvalue weighted by Crippen LogP contribution is 2.27. The van der Waals surface area contributed by atoms with E-state index in [1.54, 1.807) is 6.08 Å². The molecule has 5 heteroatoms. The molecule has 0 bridgehead atoms. The molecule has 0 fully saturated rings. The van der Waals surface area contributed by atoms with E-state index in [-0.39, 0.29) is 0 Å². The second-order valence-electron chi connectivity index (χ2n) is 1.65. The van der Waals surface area contributed by atoms with Gasteiger partial charge in [-0.2, -0.15) is 0 Å². The average molecular weight is 142 g/mol. The highest BCUT2D eigenvalue weighted by atomic mass is 32.1. The summed E-state index contributed by atoms with van der Waals surface area (Å²) < 4.78 is 0. The molecule has 1 aliphatic rings. The number of thiol groups is 1. The highest BCUT2D eigenvalue weighted by molar-refractivity contribution is 7.81. The van der Waals surface area contributed by atoms with Crippen LogP contribution in [0.15, 0.2) is 33.3 Å². The van der Waals surface area contributed by atoms with Crippen molar-refractivity contribution in [1.82, 2.24) is 0 Å². The van der Waals surface area contributed by atoms with Gasteiger partial charge in [-0.25, -0.2) is 0 Å². The second-order valence-corrected chi connectivity index (χ2v) is 2.36. The Kier molecular flexibility index (Phi) is 1.61. The molecule has 0 aliphatic carbocycles. The minimum atomic E-state index is -0.762. The molecule has 0 aromatic carbocycles. The summed E-state index contributed by atoms with van der Waals surface area (Å²) >= 11 is 4.07. The Labute approximate surface area is 58.2 Å². The molecular weight excluding hydrogens is 136 g/mol. The molecule has 0 saturated heterocycles. The summed E-state index contributed by atoms with van der Waals surface area (Å²) in [6.07, 6.45) is 2.24. The monoisotopic (exact) mass is 142 g/mol. The van der Waals surface area contributed by atoms with Crippen LogP contribution in [0.4, 0.5) is 0 Å². The number of nitrogens with zero attached hydrogens (tertiary/aromatic N) is 4.